The first kappa shape index (κ1) is 17.3. The van der Waals surface area contributed by atoms with Crippen molar-refractivity contribution in [1.82, 2.24) is 4.98 Å². The maximum absolute atomic E-state index is 12.7. The first-order valence-electron chi connectivity index (χ1n) is 7.55. The summed E-state index contributed by atoms with van der Waals surface area (Å²) >= 11 is 12.1. The molecule has 1 amide bonds. The number of amides is 1. The maximum Gasteiger partial charge on any atom is 0.259 e. The van der Waals surface area contributed by atoms with E-state index in [0.29, 0.717) is 27.0 Å². The fourth-order valence-corrected chi connectivity index (χ4v) is 2.79. The van der Waals surface area contributed by atoms with Crippen LogP contribution in [0.5, 0.6) is 0 Å². The van der Waals surface area contributed by atoms with Gasteiger partial charge in [-0.2, -0.15) is 0 Å². The van der Waals surface area contributed by atoms with E-state index in [9.17, 15) is 4.79 Å². The molecule has 3 rings (SSSR count). The molecule has 0 bridgehead atoms. The standard InChI is InChI=1S/C19H15Cl2N3O/c1-24(16-5-3-2-4-6-16)19(25)13-9-15(12-22-11-13)23-18-8-7-14(20)10-17(18)21/h2-12,23H,1H3. The summed E-state index contributed by atoms with van der Waals surface area (Å²) in [7, 11) is 1.73. The number of hydrogen-bond donors (Lipinski definition) is 1. The molecule has 0 fully saturated rings. The van der Waals surface area contributed by atoms with Crippen LogP contribution in [0.25, 0.3) is 0 Å². The van der Waals surface area contributed by atoms with Gasteiger partial charge in [0.25, 0.3) is 5.91 Å². The predicted octanol–water partition coefficient (Wildman–Crippen LogP) is 5.41. The van der Waals surface area contributed by atoms with Gasteiger partial charge in [-0.3, -0.25) is 9.78 Å². The van der Waals surface area contributed by atoms with Gasteiger partial charge >= 0.3 is 0 Å². The lowest BCUT2D eigenvalue weighted by Gasteiger charge is -2.17. The summed E-state index contributed by atoms with van der Waals surface area (Å²) in [5, 5.41) is 4.20. The Morgan fingerprint density at radius 2 is 1.80 bits per heavy atom. The van der Waals surface area contributed by atoms with E-state index >= 15 is 0 Å². The van der Waals surface area contributed by atoms with Crippen LogP contribution in [0.3, 0.4) is 0 Å². The van der Waals surface area contributed by atoms with E-state index < -0.39 is 0 Å². The second-order valence-corrected chi connectivity index (χ2v) is 6.25. The van der Waals surface area contributed by atoms with E-state index in [1.165, 1.54) is 6.20 Å². The molecule has 0 radical (unpaired) electrons. The van der Waals surface area contributed by atoms with Crippen molar-refractivity contribution in [2.45, 2.75) is 0 Å². The largest absolute Gasteiger partial charge is 0.353 e. The number of carbonyl (C=O) groups is 1. The van der Waals surface area contributed by atoms with Gasteiger partial charge < -0.3 is 10.2 Å². The average molecular weight is 372 g/mol. The van der Waals surface area contributed by atoms with Crippen LogP contribution in [0.15, 0.2) is 67.0 Å². The summed E-state index contributed by atoms with van der Waals surface area (Å²) in [6, 6.07) is 16.3. The number of rotatable bonds is 4. The lowest BCUT2D eigenvalue weighted by Crippen LogP contribution is -2.26. The number of anilines is 3. The van der Waals surface area contributed by atoms with Crippen molar-refractivity contribution >= 4 is 46.2 Å². The Balaban J connectivity index is 1.82. The molecular weight excluding hydrogens is 357 g/mol. The van der Waals surface area contributed by atoms with Crippen molar-refractivity contribution < 1.29 is 4.79 Å². The Hall–Kier alpha value is -2.56. The molecule has 126 valence electrons. The lowest BCUT2D eigenvalue weighted by molar-refractivity contribution is 0.0992. The van der Waals surface area contributed by atoms with Gasteiger partial charge in [-0.15, -0.1) is 0 Å². The molecule has 0 atom stereocenters. The molecule has 3 aromatic rings. The van der Waals surface area contributed by atoms with E-state index in [-0.39, 0.29) is 5.91 Å². The second kappa shape index (κ2) is 7.55. The Kier molecular flexibility index (Phi) is 5.22. The minimum Gasteiger partial charge on any atom is -0.353 e. The quantitative estimate of drug-likeness (QED) is 0.666. The predicted molar refractivity (Wildman–Crippen MR) is 103 cm³/mol. The van der Waals surface area contributed by atoms with Crippen molar-refractivity contribution in [2.75, 3.05) is 17.3 Å². The van der Waals surface area contributed by atoms with Gasteiger partial charge in [-0.05, 0) is 36.4 Å². The smallest absolute Gasteiger partial charge is 0.259 e. The van der Waals surface area contributed by atoms with Crippen molar-refractivity contribution in [2.24, 2.45) is 0 Å². The number of benzene rings is 2. The lowest BCUT2D eigenvalue weighted by atomic mass is 10.2. The van der Waals surface area contributed by atoms with Crippen LogP contribution in [-0.2, 0) is 0 Å². The zero-order chi connectivity index (χ0) is 17.8. The highest BCUT2D eigenvalue weighted by Gasteiger charge is 2.14. The third-order valence-electron chi connectivity index (χ3n) is 3.64. The van der Waals surface area contributed by atoms with Crippen LogP contribution >= 0.6 is 23.2 Å². The molecule has 0 saturated heterocycles. The van der Waals surface area contributed by atoms with Crippen molar-refractivity contribution in [3.8, 4) is 0 Å². The molecule has 0 unspecified atom stereocenters. The fraction of sp³-hybridized carbons (Fsp3) is 0.0526. The Morgan fingerprint density at radius 1 is 1.04 bits per heavy atom. The third kappa shape index (κ3) is 4.10. The van der Waals surface area contributed by atoms with Gasteiger partial charge in [0, 0.05) is 24.0 Å². The van der Waals surface area contributed by atoms with Gasteiger partial charge in [0.15, 0.2) is 0 Å². The van der Waals surface area contributed by atoms with Crippen molar-refractivity contribution in [1.29, 1.82) is 0 Å². The van der Waals surface area contributed by atoms with Crippen LogP contribution in [-0.4, -0.2) is 17.9 Å². The highest BCUT2D eigenvalue weighted by Crippen LogP contribution is 2.28. The van der Waals surface area contributed by atoms with Gasteiger partial charge in [0.05, 0.1) is 28.2 Å². The summed E-state index contributed by atoms with van der Waals surface area (Å²) in [5.41, 5.74) is 2.64. The molecule has 0 saturated carbocycles. The summed E-state index contributed by atoms with van der Waals surface area (Å²) in [5.74, 6) is -0.149. The molecule has 25 heavy (non-hydrogen) atoms. The van der Waals surface area contributed by atoms with Gasteiger partial charge in [-0.25, -0.2) is 0 Å². The molecule has 6 heteroatoms. The Morgan fingerprint density at radius 3 is 2.52 bits per heavy atom. The van der Waals surface area contributed by atoms with Gasteiger partial charge in [-0.1, -0.05) is 41.4 Å². The zero-order valence-corrected chi connectivity index (χ0v) is 14.9. The number of para-hydroxylation sites is 1. The number of aromatic nitrogens is 1. The third-order valence-corrected chi connectivity index (χ3v) is 4.19. The fourth-order valence-electron chi connectivity index (χ4n) is 2.33. The normalized spacial score (nSPS) is 10.4. The van der Waals surface area contributed by atoms with Crippen molar-refractivity contribution in [3.63, 3.8) is 0 Å². The molecule has 2 aromatic carbocycles. The zero-order valence-electron chi connectivity index (χ0n) is 13.4. The average Bonchev–Trinajstić information content (AvgIpc) is 2.64. The van der Waals surface area contributed by atoms with Gasteiger partial charge in [0.1, 0.15) is 0 Å². The van der Waals surface area contributed by atoms with Crippen LogP contribution < -0.4 is 10.2 Å². The number of nitrogens with zero attached hydrogens (tertiary/aromatic N) is 2. The van der Waals surface area contributed by atoms with E-state index in [2.05, 4.69) is 10.3 Å². The summed E-state index contributed by atoms with van der Waals surface area (Å²) < 4.78 is 0. The monoisotopic (exact) mass is 371 g/mol. The SMILES string of the molecule is CN(C(=O)c1cncc(Nc2ccc(Cl)cc2Cl)c1)c1ccccc1. The van der Waals surface area contributed by atoms with E-state index in [1.54, 1.807) is 42.4 Å². The Bertz CT molecular complexity index is 900. The summed E-state index contributed by atoms with van der Waals surface area (Å²) in [4.78, 5) is 18.4. The second-order valence-electron chi connectivity index (χ2n) is 5.41. The van der Waals surface area contributed by atoms with Crippen LogP contribution in [0.2, 0.25) is 10.0 Å². The molecular formula is C19H15Cl2N3O. The summed E-state index contributed by atoms with van der Waals surface area (Å²) in [6.07, 6.45) is 3.17. The molecule has 4 nitrogen and oxygen atoms in total. The minimum absolute atomic E-state index is 0.149. The highest BCUT2D eigenvalue weighted by atomic mass is 35.5. The van der Waals surface area contributed by atoms with E-state index in [4.69, 9.17) is 23.2 Å². The van der Waals surface area contributed by atoms with E-state index in [0.717, 1.165) is 5.69 Å². The Labute approximate surface area is 156 Å². The van der Waals surface area contributed by atoms with Gasteiger partial charge in [0.2, 0.25) is 0 Å². The molecule has 0 spiro atoms. The first-order valence-corrected chi connectivity index (χ1v) is 8.30. The molecule has 1 N–H and O–H groups in total. The molecule has 1 heterocycles. The van der Waals surface area contributed by atoms with Crippen LogP contribution in [0.1, 0.15) is 10.4 Å². The number of pyridine rings is 1. The first-order chi connectivity index (χ1) is 12.0. The molecule has 0 aliphatic rings. The topological polar surface area (TPSA) is 45.2 Å². The van der Waals surface area contributed by atoms with E-state index in [1.807, 2.05) is 30.3 Å². The van der Waals surface area contributed by atoms with Crippen LogP contribution in [0.4, 0.5) is 17.1 Å². The number of hydrogen-bond acceptors (Lipinski definition) is 3. The number of halogens is 2. The minimum atomic E-state index is -0.149. The molecule has 0 aliphatic heterocycles. The maximum atomic E-state index is 12.7. The molecule has 0 aliphatic carbocycles. The summed E-state index contributed by atoms with van der Waals surface area (Å²) in [6.45, 7) is 0. The van der Waals surface area contributed by atoms with Crippen LogP contribution in [0, 0.1) is 0 Å². The molecule has 1 aromatic heterocycles. The highest BCUT2D eigenvalue weighted by molar-refractivity contribution is 6.36. The number of nitrogens with one attached hydrogen (secondary N) is 1. The number of carbonyl (C=O) groups excluding carboxylic acids is 1. The van der Waals surface area contributed by atoms with Crippen molar-refractivity contribution in [3.05, 3.63) is 82.6 Å².